The van der Waals surface area contributed by atoms with E-state index >= 15 is 0 Å². The van der Waals surface area contributed by atoms with Crippen LogP contribution in [0.1, 0.15) is 25.3 Å². The Morgan fingerprint density at radius 1 is 1.50 bits per heavy atom. The highest BCUT2D eigenvalue weighted by molar-refractivity contribution is 5.72. The van der Waals surface area contributed by atoms with Gasteiger partial charge in [0.2, 0.25) is 5.95 Å². The fraction of sp³-hybridized carbons (Fsp3) is 0.643. The van der Waals surface area contributed by atoms with Crippen LogP contribution in [-0.4, -0.2) is 52.6 Å². The van der Waals surface area contributed by atoms with Crippen molar-refractivity contribution in [3.63, 3.8) is 0 Å². The van der Waals surface area contributed by atoms with Crippen LogP contribution >= 0.6 is 0 Å². The van der Waals surface area contributed by atoms with Crippen molar-refractivity contribution in [2.75, 3.05) is 31.6 Å². The van der Waals surface area contributed by atoms with Crippen molar-refractivity contribution >= 4 is 11.9 Å². The van der Waals surface area contributed by atoms with Gasteiger partial charge in [0.15, 0.2) is 0 Å². The lowest BCUT2D eigenvalue weighted by Crippen LogP contribution is -2.27. The van der Waals surface area contributed by atoms with Crippen LogP contribution in [0.25, 0.3) is 0 Å². The number of aliphatic carboxylic acids is 1. The monoisotopic (exact) mass is 278 g/mol. The van der Waals surface area contributed by atoms with Crippen LogP contribution in [0.3, 0.4) is 0 Å². The summed E-state index contributed by atoms with van der Waals surface area (Å²) in [5.41, 5.74) is 1.08. The minimum atomic E-state index is -0.886. The average molecular weight is 278 g/mol. The van der Waals surface area contributed by atoms with Gasteiger partial charge in [-0.15, -0.1) is 0 Å². The Balaban J connectivity index is 1.90. The molecule has 1 aliphatic rings. The minimum absolute atomic E-state index is 0.0936. The molecule has 0 aromatic carbocycles. The molecule has 0 bridgehead atoms. The molecule has 1 fully saturated rings. The van der Waals surface area contributed by atoms with E-state index in [0.29, 0.717) is 5.95 Å². The predicted octanol–water partition coefficient (Wildman–Crippen LogP) is 1.23. The number of likely N-dealkylation sites (N-methyl/N-ethyl adjacent to an activating group) is 1. The van der Waals surface area contributed by atoms with Crippen LogP contribution < -0.4 is 4.90 Å². The van der Waals surface area contributed by atoms with E-state index in [1.165, 1.54) is 17.7 Å². The van der Waals surface area contributed by atoms with Crippen LogP contribution in [0, 0.1) is 5.92 Å². The smallest absolute Gasteiger partial charge is 0.323 e. The van der Waals surface area contributed by atoms with Crippen LogP contribution in [-0.2, 0) is 11.3 Å². The summed E-state index contributed by atoms with van der Waals surface area (Å²) in [6, 6.07) is 0. The molecule has 2 rings (SSSR count). The van der Waals surface area contributed by atoms with Crippen molar-refractivity contribution < 1.29 is 9.90 Å². The Bertz CT molecular complexity index is 449. The zero-order valence-electron chi connectivity index (χ0n) is 12.1. The topological polar surface area (TPSA) is 69.6 Å². The molecule has 20 heavy (non-hydrogen) atoms. The molecule has 0 spiro atoms. The Morgan fingerprint density at radius 2 is 2.20 bits per heavy atom. The summed E-state index contributed by atoms with van der Waals surface area (Å²) in [4.78, 5) is 23.1. The first-order valence-electron chi connectivity index (χ1n) is 7.04. The highest BCUT2D eigenvalue weighted by Crippen LogP contribution is 2.20. The van der Waals surface area contributed by atoms with Crippen molar-refractivity contribution in [1.29, 1.82) is 0 Å². The van der Waals surface area contributed by atoms with Gasteiger partial charge in [-0.3, -0.25) is 9.69 Å². The summed E-state index contributed by atoms with van der Waals surface area (Å²) in [6.07, 6.45) is 6.10. The van der Waals surface area contributed by atoms with Crippen molar-refractivity contribution in [3.8, 4) is 0 Å². The summed E-state index contributed by atoms with van der Waals surface area (Å²) >= 11 is 0. The first-order valence-corrected chi connectivity index (χ1v) is 7.04. The number of anilines is 1. The third-order valence-corrected chi connectivity index (χ3v) is 3.76. The van der Waals surface area contributed by atoms with Crippen LogP contribution in [0.4, 0.5) is 5.95 Å². The van der Waals surface area contributed by atoms with Gasteiger partial charge in [0.25, 0.3) is 0 Å². The third kappa shape index (κ3) is 3.90. The molecule has 0 radical (unpaired) electrons. The van der Waals surface area contributed by atoms with Gasteiger partial charge in [-0.05, 0) is 18.9 Å². The lowest BCUT2D eigenvalue weighted by molar-refractivity contribution is -0.135. The zero-order valence-corrected chi connectivity index (χ0v) is 12.1. The number of aromatic nitrogens is 2. The maximum Gasteiger partial charge on any atom is 0.323 e. The molecule has 0 saturated carbocycles. The highest BCUT2D eigenvalue weighted by atomic mass is 16.4. The number of likely N-dealkylation sites (tertiary alicyclic amines) is 1. The quantitative estimate of drug-likeness (QED) is 0.844. The SMILES string of the molecule is CC[C@@H]1CCN(Cc2cnc(N(C)CC(=O)O)nc2)C1. The average Bonchev–Trinajstić information content (AvgIpc) is 2.86. The minimum Gasteiger partial charge on any atom is -0.480 e. The van der Waals surface area contributed by atoms with E-state index in [1.807, 2.05) is 0 Å². The molecule has 6 nitrogen and oxygen atoms in total. The molecule has 1 aromatic heterocycles. The van der Waals surface area contributed by atoms with Gasteiger partial charge in [-0.25, -0.2) is 9.97 Å². The zero-order chi connectivity index (χ0) is 14.5. The number of hydrogen-bond acceptors (Lipinski definition) is 5. The first-order chi connectivity index (χ1) is 9.58. The van der Waals surface area contributed by atoms with Crippen molar-refractivity contribution in [2.24, 2.45) is 5.92 Å². The van der Waals surface area contributed by atoms with E-state index in [4.69, 9.17) is 5.11 Å². The summed E-state index contributed by atoms with van der Waals surface area (Å²) in [7, 11) is 1.68. The van der Waals surface area contributed by atoms with E-state index in [2.05, 4.69) is 21.8 Å². The molecule has 1 N–H and O–H groups in total. The van der Waals surface area contributed by atoms with E-state index in [0.717, 1.165) is 31.1 Å². The molecule has 110 valence electrons. The van der Waals surface area contributed by atoms with Gasteiger partial charge in [0.05, 0.1) is 0 Å². The number of carboxylic acid groups (broad SMARTS) is 1. The number of hydrogen-bond donors (Lipinski definition) is 1. The Hall–Kier alpha value is -1.69. The van der Waals surface area contributed by atoms with E-state index in [-0.39, 0.29) is 6.54 Å². The number of nitrogens with zero attached hydrogens (tertiary/aromatic N) is 4. The normalized spacial score (nSPS) is 19.2. The highest BCUT2D eigenvalue weighted by Gasteiger charge is 2.20. The standard InChI is InChI=1S/C14H22N4O2/c1-3-11-4-5-18(8-11)9-12-6-15-14(16-7-12)17(2)10-13(19)20/h6-7,11H,3-5,8-10H2,1-2H3,(H,19,20)/t11-/m1/s1. The molecule has 6 heteroatoms. The van der Waals surface area contributed by atoms with Crippen molar-refractivity contribution in [1.82, 2.24) is 14.9 Å². The predicted molar refractivity (Wildman–Crippen MR) is 76.6 cm³/mol. The van der Waals surface area contributed by atoms with Gasteiger partial charge in [0.1, 0.15) is 6.54 Å². The van der Waals surface area contributed by atoms with E-state index in [9.17, 15) is 4.79 Å². The summed E-state index contributed by atoms with van der Waals surface area (Å²) in [5, 5.41) is 8.73. The second kappa shape index (κ2) is 6.65. The molecule has 1 saturated heterocycles. The second-order valence-corrected chi connectivity index (χ2v) is 5.44. The van der Waals surface area contributed by atoms with Gasteiger partial charge < -0.3 is 10.0 Å². The fourth-order valence-electron chi connectivity index (χ4n) is 2.55. The molecular weight excluding hydrogens is 256 g/mol. The van der Waals surface area contributed by atoms with Crippen molar-refractivity contribution in [2.45, 2.75) is 26.3 Å². The Labute approximate surface area is 119 Å². The van der Waals surface area contributed by atoms with Crippen LogP contribution in [0.5, 0.6) is 0 Å². The number of rotatable bonds is 6. The Kier molecular flexibility index (Phi) is 4.89. The van der Waals surface area contributed by atoms with Gasteiger partial charge in [0, 0.05) is 38.1 Å². The third-order valence-electron chi connectivity index (χ3n) is 3.76. The molecule has 2 heterocycles. The number of carboxylic acids is 1. The van der Waals surface area contributed by atoms with Crippen molar-refractivity contribution in [3.05, 3.63) is 18.0 Å². The van der Waals surface area contributed by atoms with E-state index < -0.39 is 5.97 Å². The van der Waals surface area contributed by atoms with Gasteiger partial charge >= 0.3 is 5.97 Å². The maximum absolute atomic E-state index is 10.6. The van der Waals surface area contributed by atoms with E-state index in [1.54, 1.807) is 19.4 Å². The molecular formula is C14H22N4O2. The summed E-state index contributed by atoms with van der Waals surface area (Å²) in [6.45, 7) is 5.31. The lowest BCUT2D eigenvalue weighted by atomic mass is 10.1. The Morgan fingerprint density at radius 3 is 2.75 bits per heavy atom. The summed E-state index contributed by atoms with van der Waals surface area (Å²) < 4.78 is 0. The molecule has 1 aliphatic heterocycles. The summed E-state index contributed by atoms with van der Waals surface area (Å²) in [5.74, 6) is 0.378. The largest absolute Gasteiger partial charge is 0.480 e. The van der Waals surface area contributed by atoms with Gasteiger partial charge in [-0.1, -0.05) is 13.3 Å². The molecule has 0 aliphatic carbocycles. The van der Waals surface area contributed by atoms with Crippen LogP contribution in [0.2, 0.25) is 0 Å². The van der Waals surface area contributed by atoms with Crippen LogP contribution in [0.15, 0.2) is 12.4 Å². The molecule has 1 atom stereocenters. The van der Waals surface area contributed by atoms with Gasteiger partial charge in [-0.2, -0.15) is 0 Å². The molecule has 0 amide bonds. The molecule has 1 aromatic rings. The first kappa shape index (κ1) is 14.7. The maximum atomic E-state index is 10.6. The molecule has 0 unspecified atom stereocenters. The lowest BCUT2D eigenvalue weighted by Gasteiger charge is -2.17. The number of carbonyl (C=O) groups is 1. The fourth-order valence-corrected chi connectivity index (χ4v) is 2.55. The second-order valence-electron chi connectivity index (χ2n) is 5.44.